The van der Waals surface area contributed by atoms with Crippen molar-refractivity contribution < 1.29 is 14.7 Å². The van der Waals surface area contributed by atoms with Gasteiger partial charge in [0.2, 0.25) is 5.95 Å². The summed E-state index contributed by atoms with van der Waals surface area (Å²) in [6, 6.07) is 13.4. The Morgan fingerprint density at radius 3 is 2.81 bits per heavy atom. The van der Waals surface area contributed by atoms with E-state index in [0.717, 1.165) is 41.4 Å². The maximum absolute atomic E-state index is 12.9. The Morgan fingerprint density at radius 1 is 1.22 bits per heavy atom. The second-order valence-electron chi connectivity index (χ2n) is 7.13. The van der Waals surface area contributed by atoms with Crippen molar-refractivity contribution in [3.63, 3.8) is 0 Å². The van der Waals surface area contributed by atoms with Crippen molar-refractivity contribution in [1.29, 1.82) is 0 Å². The Bertz CT molecular complexity index is 991. The molecular weight excluding hydrogens is 342 g/mol. The van der Waals surface area contributed by atoms with Gasteiger partial charge in [0, 0.05) is 19.0 Å². The van der Waals surface area contributed by atoms with Crippen molar-refractivity contribution >= 4 is 28.9 Å². The number of aryl methyl sites for hydroxylation is 1. The lowest BCUT2D eigenvalue weighted by atomic mass is 9.81. The predicted octanol–water partition coefficient (Wildman–Crippen LogP) is 3.42. The van der Waals surface area contributed by atoms with Gasteiger partial charge in [-0.1, -0.05) is 18.2 Å². The minimum atomic E-state index is -0.747. The van der Waals surface area contributed by atoms with E-state index in [1.165, 1.54) is 4.90 Å². The van der Waals surface area contributed by atoms with E-state index in [9.17, 15) is 9.59 Å². The number of aliphatic carboxylic acids is 1. The Kier molecular flexibility index (Phi) is 4.39. The number of anilines is 1. The van der Waals surface area contributed by atoms with Crippen LogP contribution in [0.3, 0.4) is 0 Å². The van der Waals surface area contributed by atoms with Crippen LogP contribution in [-0.4, -0.2) is 34.0 Å². The Hall–Kier alpha value is -3.15. The number of H-pyrrole nitrogens is 1. The summed E-state index contributed by atoms with van der Waals surface area (Å²) in [7, 11) is 1.71. The molecule has 4 rings (SSSR count). The third-order valence-corrected chi connectivity index (χ3v) is 5.25. The van der Waals surface area contributed by atoms with E-state index in [4.69, 9.17) is 5.11 Å². The average Bonchev–Trinajstić information content (AvgIpc) is 3.10. The topological polar surface area (TPSA) is 86.3 Å². The van der Waals surface area contributed by atoms with Crippen molar-refractivity contribution in [2.45, 2.75) is 25.7 Å². The third-order valence-electron chi connectivity index (χ3n) is 5.25. The van der Waals surface area contributed by atoms with Crippen LogP contribution in [0.2, 0.25) is 0 Å². The summed E-state index contributed by atoms with van der Waals surface area (Å²) in [6.07, 6.45) is 2.61. The van der Waals surface area contributed by atoms with Crippen molar-refractivity contribution in [2.75, 3.05) is 11.9 Å². The Labute approximate surface area is 156 Å². The Balaban J connectivity index is 1.55. The molecule has 1 aliphatic carbocycles. The lowest BCUT2D eigenvalue weighted by Crippen LogP contribution is -2.27. The summed E-state index contributed by atoms with van der Waals surface area (Å²) < 4.78 is 0. The van der Waals surface area contributed by atoms with Crippen molar-refractivity contribution in [3.05, 3.63) is 59.2 Å². The van der Waals surface area contributed by atoms with Gasteiger partial charge < -0.3 is 10.1 Å². The predicted molar refractivity (Wildman–Crippen MR) is 103 cm³/mol. The van der Waals surface area contributed by atoms with Gasteiger partial charge in [-0.15, -0.1) is 0 Å². The molecule has 27 heavy (non-hydrogen) atoms. The number of nitrogens with zero attached hydrogens (tertiary/aromatic N) is 2. The SMILES string of the molecule is CN(C(=O)c1ccc2c(c1)CCC(CC(=O)O)C2)c1nc2ccccc2[nH]1. The zero-order valence-electron chi connectivity index (χ0n) is 15.1. The number of benzene rings is 2. The highest BCUT2D eigenvalue weighted by atomic mass is 16.4. The quantitative estimate of drug-likeness (QED) is 0.744. The fraction of sp³-hybridized carbons (Fsp3) is 0.286. The number of hydrogen-bond donors (Lipinski definition) is 2. The maximum Gasteiger partial charge on any atom is 0.303 e. The number of carbonyl (C=O) groups excluding carboxylic acids is 1. The van der Waals surface area contributed by atoms with Crippen LogP contribution in [0.15, 0.2) is 42.5 Å². The normalized spacial score (nSPS) is 16.1. The number of para-hydroxylation sites is 2. The van der Waals surface area contributed by atoms with Crippen LogP contribution in [0.25, 0.3) is 11.0 Å². The zero-order chi connectivity index (χ0) is 19.0. The first-order chi connectivity index (χ1) is 13.0. The maximum atomic E-state index is 12.9. The molecule has 3 aromatic rings. The van der Waals surface area contributed by atoms with Gasteiger partial charge in [0.25, 0.3) is 5.91 Å². The number of aromatic amines is 1. The second kappa shape index (κ2) is 6.87. The fourth-order valence-electron chi connectivity index (χ4n) is 3.77. The molecule has 1 atom stereocenters. The van der Waals surface area contributed by atoms with E-state index in [2.05, 4.69) is 9.97 Å². The van der Waals surface area contributed by atoms with Crippen molar-refractivity contribution in [2.24, 2.45) is 5.92 Å². The number of rotatable bonds is 4. The molecule has 6 nitrogen and oxygen atoms in total. The highest BCUT2D eigenvalue weighted by Gasteiger charge is 2.23. The number of amides is 1. The molecule has 2 N–H and O–H groups in total. The van der Waals surface area contributed by atoms with Crippen LogP contribution in [0.1, 0.15) is 34.3 Å². The van der Waals surface area contributed by atoms with Gasteiger partial charge in [0.15, 0.2) is 0 Å². The van der Waals surface area contributed by atoms with Gasteiger partial charge >= 0.3 is 5.97 Å². The summed E-state index contributed by atoms with van der Waals surface area (Å²) in [4.78, 5) is 33.0. The minimum Gasteiger partial charge on any atom is -0.481 e. The van der Waals surface area contributed by atoms with Gasteiger partial charge in [-0.3, -0.25) is 14.5 Å². The lowest BCUT2D eigenvalue weighted by Gasteiger charge is -2.24. The molecule has 1 aromatic heterocycles. The van der Waals surface area contributed by atoms with E-state index in [1.54, 1.807) is 7.05 Å². The van der Waals surface area contributed by atoms with Gasteiger partial charge in [-0.25, -0.2) is 4.98 Å². The number of imidazole rings is 1. The minimum absolute atomic E-state index is 0.121. The summed E-state index contributed by atoms with van der Waals surface area (Å²) in [5.74, 6) is -0.178. The lowest BCUT2D eigenvalue weighted by molar-refractivity contribution is -0.138. The number of aromatic nitrogens is 2. The molecule has 138 valence electrons. The second-order valence-corrected chi connectivity index (χ2v) is 7.13. The first kappa shape index (κ1) is 17.3. The first-order valence-electron chi connectivity index (χ1n) is 9.07. The molecule has 1 heterocycles. The molecule has 0 radical (unpaired) electrons. The molecule has 1 unspecified atom stereocenters. The number of nitrogens with one attached hydrogen (secondary N) is 1. The first-order valence-corrected chi connectivity index (χ1v) is 9.07. The molecule has 1 amide bonds. The molecule has 6 heteroatoms. The molecule has 0 fully saturated rings. The molecule has 0 saturated heterocycles. The van der Waals surface area contributed by atoms with Crippen LogP contribution in [0.4, 0.5) is 5.95 Å². The van der Waals surface area contributed by atoms with Crippen LogP contribution in [-0.2, 0) is 17.6 Å². The highest BCUT2D eigenvalue weighted by Crippen LogP contribution is 2.29. The van der Waals surface area contributed by atoms with Crippen molar-refractivity contribution in [3.8, 4) is 0 Å². The number of fused-ring (bicyclic) bond motifs is 2. The van der Waals surface area contributed by atoms with Crippen LogP contribution in [0.5, 0.6) is 0 Å². The summed E-state index contributed by atoms with van der Waals surface area (Å²) in [5.41, 5.74) is 4.62. The van der Waals surface area contributed by atoms with E-state index >= 15 is 0 Å². The molecule has 0 saturated carbocycles. The molecule has 0 bridgehead atoms. The zero-order valence-corrected chi connectivity index (χ0v) is 15.1. The van der Waals surface area contributed by atoms with E-state index in [-0.39, 0.29) is 18.2 Å². The number of carboxylic acid groups (broad SMARTS) is 1. The summed E-state index contributed by atoms with van der Waals surface area (Å²) in [6.45, 7) is 0. The van der Waals surface area contributed by atoms with E-state index in [1.807, 2.05) is 42.5 Å². The monoisotopic (exact) mass is 363 g/mol. The van der Waals surface area contributed by atoms with Crippen molar-refractivity contribution in [1.82, 2.24) is 9.97 Å². The molecule has 1 aliphatic rings. The van der Waals surface area contributed by atoms with Gasteiger partial charge in [0.05, 0.1) is 11.0 Å². The molecule has 0 spiro atoms. The largest absolute Gasteiger partial charge is 0.481 e. The number of hydrogen-bond acceptors (Lipinski definition) is 3. The van der Waals surface area contributed by atoms with Crippen LogP contribution in [0, 0.1) is 5.92 Å². The highest BCUT2D eigenvalue weighted by molar-refractivity contribution is 6.05. The van der Waals surface area contributed by atoms with Crippen LogP contribution < -0.4 is 4.90 Å². The number of carboxylic acids is 1. The fourth-order valence-corrected chi connectivity index (χ4v) is 3.77. The van der Waals surface area contributed by atoms with Crippen LogP contribution >= 0.6 is 0 Å². The smallest absolute Gasteiger partial charge is 0.303 e. The van der Waals surface area contributed by atoms with E-state index < -0.39 is 5.97 Å². The standard InChI is InChI=1S/C21H21N3O3/c1-24(21-22-17-4-2-3-5-18(17)23-21)20(27)16-9-8-14-10-13(11-19(25)26)6-7-15(14)12-16/h2-5,8-9,12-13H,6-7,10-11H2,1H3,(H,22,23)(H,25,26). The average molecular weight is 363 g/mol. The van der Waals surface area contributed by atoms with Gasteiger partial charge in [0.1, 0.15) is 0 Å². The third kappa shape index (κ3) is 3.43. The number of carbonyl (C=O) groups is 2. The van der Waals surface area contributed by atoms with Gasteiger partial charge in [-0.05, 0) is 60.6 Å². The summed E-state index contributed by atoms with van der Waals surface area (Å²) in [5, 5.41) is 8.99. The molecule has 2 aromatic carbocycles. The molecule has 0 aliphatic heterocycles. The summed E-state index contributed by atoms with van der Waals surface area (Å²) >= 11 is 0. The molecular formula is C21H21N3O3. The van der Waals surface area contributed by atoms with E-state index in [0.29, 0.717) is 11.5 Å². The Morgan fingerprint density at radius 2 is 2.04 bits per heavy atom. The van der Waals surface area contributed by atoms with Gasteiger partial charge in [-0.2, -0.15) is 0 Å².